The number of nitrogens with two attached hydrogens (primary N) is 1. The number of aliphatic hydroxyl groups excluding tert-OH is 1. The van der Waals surface area contributed by atoms with E-state index in [1.54, 1.807) is 24.3 Å². The minimum atomic E-state index is -0.711. The van der Waals surface area contributed by atoms with Crippen molar-refractivity contribution in [3.8, 4) is 5.75 Å². The third-order valence-corrected chi connectivity index (χ3v) is 5.42. The van der Waals surface area contributed by atoms with Crippen LogP contribution in [0.3, 0.4) is 0 Å². The van der Waals surface area contributed by atoms with E-state index < -0.39 is 10.8 Å². The Labute approximate surface area is 168 Å². The van der Waals surface area contributed by atoms with E-state index in [1.165, 1.54) is 12.1 Å². The Morgan fingerprint density at radius 1 is 1.14 bits per heavy atom. The number of benzene rings is 2. The Bertz CT molecular complexity index is 894. The second-order valence-corrected chi connectivity index (χ2v) is 7.50. The summed E-state index contributed by atoms with van der Waals surface area (Å²) >= 11 is 0. The Hall–Kier alpha value is -2.97. The number of carbonyl (C=O) groups is 1. The summed E-state index contributed by atoms with van der Waals surface area (Å²) in [6.07, 6.45) is 2.63. The smallest absolute Gasteiger partial charge is 0.274 e. The molecule has 29 heavy (non-hydrogen) atoms. The molecule has 1 saturated carbocycles. The monoisotopic (exact) mass is 399 g/mol. The summed E-state index contributed by atoms with van der Waals surface area (Å²) in [5.74, 6) is -0.546. The molecule has 0 heterocycles. The van der Waals surface area contributed by atoms with Crippen molar-refractivity contribution in [2.24, 2.45) is 5.73 Å². The quantitative estimate of drug-likeness (QED) is 0.485. The maximum atomic E-state index is 11.6. The molecule has 1 fully saturated rings. The molecule has 0 unspecified atom stereocenters. The molecule has 1 aliphatic carbocycles. The van der Waals surface area contributed by atoms with Crippen LogP contribution in [0.1, 0.15) is 47.2 Å². The molecule has 8 heteroatoms. The van der Waals surface area contributed by atoms with Gasteiger partial charge in [-0.1, -0.05) is 18.2 Å². The topological polar surface area (TPSA) is 130 Å². The average molecular weight is 399 g/mol. The first-order valence-electron chi connectivity index (χ1n) is 9.60. The second kappa shape index (κ2) is 9.02. The van der Waals surface area contributed by atoms with Gasteiger partial charge in [-0.3, -0.25) is 19.8 Å². The minimum Gasteiger partial charge on any atom is -0.508 e. The van der Waals surface area contributed by atoms with Gasteiger partial charge in [0.1, 0.15) is 5.75 Å². The van der Waals surface area contributed by atoms with E-state index >= 15 is 0 Å². The zero-order valence-electron chi connectivity index (χ0n) is 16.0. The molecule has 0 spiro atoms. The van der Waals surface area contributed by atoms with E-state index in [1.807, 2.05) is 6.07 Å². The van der Waals surface area contributed by atoms with Crippen molar-refractivity contribution < 1.29 is 19.9 Å². The van der Waals surface area contributed by atoms with Crippen molar-refractivity contribution >= 4 is 11.6 Å². The molecule has 0 atom stereocenters. The van der Waals surface area contributed by atoms with Gasteiger partial charge in [-0.25, -0.2) is 0 Å². The predicted octanol–water partition coefficient (Wildman–Crippen LogP) is 2.71. The number of aromatic hydroxyl groups is 1. The van der Waals surface area contributed by atoms with Gasteiger partial charge in [0.25, 0.3) is 5.69 Å². The number of rotatable bonds is 7. The summed E-state index contributed by atoms with van der Waals surface area (Å²) in [6.45, 7) is 0.815. The van der Waals surface area contributed by atoms with Crippen molar-refractivity contribution in [2.45, 2.75) is 50.9 Å². The zero-order valence-corrected chi connectivity index (χ0v) is 16.0. The maximum Gasteiger partial charge on any atom is 0.274 e. The van der Waals surface area contributed by atoms with Gasteiger partial charge in [0, 0.05) is 36.3 Å². The van der Waals surface area contributed by atoms with E-state index in [0.717, 1.165) is 18.4 Å². The van der Waals surface area contributed by atoms with Gasteiger partial charge in [0.2, 0.25) is 5.91 Å². The van der Waals surface area contributed by atoms with Gasteiger partial charge in [0.05, 0.1) is 11.0 Å². The number of phenols is 1. The lowest BCUT2D eigenvalue weighted by molar-refractivity contribution is -0.385. The molecule has 4 N–H and O–H groups in total. The van der Waals surface area contributed by atoms with Gasteiger partial charge in [-0.05, 0) is 49.4 Å². The van der Waals surface area contributed by atoms with Crippen LogP contribution in [-0.4, -0.2) is 38.1 Å². The first-order valence-corrected chi connectivity index (χ1v) is 9.60. The average Bonchev–Trinajstić information content (AvgIpc) is 2.68. The van der Waals surface area contributed by atoms with E-state index in [2.05, 4.69) is 4.90 Å². The molecule has 0 radical (unpaired) electrons. The number of primary amides is 1. The highest BCUT2D eigenvalue weighted by Gasteiger charge is 2.27. The number of hydrogen-bond donors (Lipinski definition) is 3. The second-order valence-electron chi connectivity index (χ2n) is 7.50. The Kier molecular flexibility index (Phi) is 6.46. The minimum absolute atomic E-state index is 0.0979. The Morgan fingerprint density at radius 3 is 2.48 bits per heavy atom. The number of hydrogen-bond acceptors (Lipinski definition) is 6. The van der Waals surface area contributed by atoms with E-state index in [4.69, 9.17) is 5.73 Å². The molecule has 0 aromatic heterocycles. The lowest BCUT2D eigenvalue weighted by Crippen LogP contribution is -2.38. The molecule has 0 saturated heterocycles. The van der Waals surface area contributed by atoms with Crippen LogP contribution in [-0.2, 0) is 13.1 Å². The molecule has 154 valence electrons. The van der Waals surface area contributed by atoms with Gasteiger partial charge >= 0.3 is 0 Å². The molecule has 1 aliphatic rings. The fraction of sp³-hybridized carbons (Fsp3) is 0.381. The van der Waals surface area contributed by atoms with Gasteiger partial charge in [-0.15, -0.1) is 0 Å². The number of aliphatic hydroxyl groups is 1. The lowest BCUT2D eigenvalue weighted by Gasteiger charge is -2.36. The summed E-state index contributed by atoms with van der Waals surface area (Å²) in [5.41, 5.74) is 6.61. The van der Waals surface area contributed by atoms with Crippen molar-refractivity contribution in [2.75, 3.05) is 0 Å². The molecule has 8 nitrogen and oxygen atoms in total. The SMILES string of the molecule is NC(=O)c1ccc(CN(Cc2cccc(O)c2)C2CCC(O)CC2)c([N+](=O)[O-])c1. The highest BCUT2D eigenvalue weighted by Crippen LogP contribution is 2.29. The molecule has 0 aliphatic heterocycles. The summed E-state index contributed by atoms with van der Waals surface area (Å²) < 4.78 is 0. The lowest BCUT2D eigenvalue weighted by atomic mass is 9.91. The summed E-state index contributed by atoms with van der Waals surface area (Å²) in [5, 5.41) is 31.2. The summed E-state index contributed by atoms with van der Waals surface area (Å²) in [4.78, 5) is 24.6. The Balaban J connectivity index is 1.90. The van der Waals surface area contributed by atoms with Crippen LogP contribution in [0, 0.1) is 10.1 Å². The number of phenolic OH excluding ortho intramolecular Hbond substituents is 1. The standard InChI is InChI=1S/C21H25N3O5/c22-21(27)15-4-5-16(20(11-15)24(28)29)13-23(17-6-8-18(25)9-7-17)12-14-2-1-3-19(26)10-14/h1-5,10-11,17-18,25-26H,6-9,12-13H2,(H2,22,27). The molecule has 1 amide bonds. The molecule has 0 bridgehead atoms. The van der Waals surface area contributed by atoms with Crippen LogP contribution < -0.4 is 5.73 Å². The van der Waals surface area contributed by atoms with Gasteiger partial charge in [0.15, 0.2) is 0 Å². The van der Waals surface area contributed by atoms with Crippen LogP contribution >= 0.6 is 0 Å². The van der Waals surface area contributed by atoms with Crippen molar-refractivity contribution in [1.29, 1.82) is 0 Å². The third kappa shape index (κ3) is 5.30. The third-order valence-electron chi connectivity index (χ3n) is 5.42. The molecule has 2 aromatic carbocycles. The highest BCUT2D eigenvalue weighted by atomic mass is 16.6. The maximum absolute atomic E-state index is 11.6. The zero-order chi connectivity index (χ0) is 21.0. The fourth-order valence-corrected chi connectivity index (χ4v) is 3.87. The largest absolute Gasteiger partial charge is 0.508 e. The van der Waals surface area contributed by atoms with Crippen LogP contribution in [0.15, 0.2) is 42.5 Å². The fourth-order valence-electron chi connectivity index (χ4n) is 3.87. The number of nitro benzene ring substituents is 1. The van der Waals surface area contributed by atoms with Gasteiger partial charge < -0.3 is 15.9 Å². The van der Waals surface area contributed by atoms with E-state index in [0.29, 0.717) is 31.5 Å². The van der Waals surface area contributed by atoms with Crippen molar-refractivity contribution in [1.82, 2.24) is 4.90 Å². The van der Waals surface area contributed by atoms with Crippen LogP contribution in [0.25, 0.3) is 0 Å². The number of amides is 1. The number of nitro groups is 1. The Morgan fingerprint density at radius 2 is 1.86 bits per heavy atom. The highest BCUT2D eigenvalue weighted by molar-refractivity contribution is 5.93. The number of carbonyl (C=O) groups excluding carboxylic acids is 1. The van der Waals surface area contributed by atoms with Crippen LogP contribution in [0.5, 0.6) is 5.75 Å². The molecular formula is C21H25N3O5. The summed E-state index contributed by atoms with van der Waals surface area (Å²) in [7, 11) is 0. The van der Waals surface area contributed by atoms with E-state index in [-0.39, 0.29) is 29.1 Å². The summed E-state index contributed by atoms with van der Waals surface area (Å²) in [6, 6.07) is 11.4. The van der Waals surface area contributed by atoms with Crippen LogP contribution in [0.2, 0.25) is 0 Å². The molecule has 3 rings (SSSR count). The van der Waals surface area contributed by atoms with Crippen molar-refractivity contribution in [3.63, 3.8) is 0 Å². The molecular weight excluding hydrogens is 374 g/mol. The first-order chi connectivity index (χ1) is 13.8. The van der Waals surface area contributed by atoms with Crippen molar-refractivity contribution in [3.05, 3.63) is 69.3 Å². The van der Waals surface area contributed by atoms with Crippen LogP contribution in [0.4, 0.5) is 5.69 Å². The number of nitrogens with zero attached hydrogens (tertiary/aromatic N) is 2. The first kappa shape index (κ1) is 20.8. The molecule has 2 aromatic rings. The van der Waals surface area contributed by atoms with Gasteiger partial charge in [-0.2, -0.15) is 0 Å². The predicted molar refractivity (Wildman–Crippen MR) is 107 cm³/mol. The van der Waals surface area contributed by atoms with E-state index in [9.17, 15) is 25.1 Å². The normalized spacial score (nSPS) is 19.2.